The number of alkyl halides is 6. The summed E-state index contributed by atoms with van der Waals surface area (Å²) in [5.41, 5.74) is 11.0. The van der Waals surface area contributed by atoms with Gasteiger partial charge in [0.2, 0.25) is 0 Å². The Morgan fingerprint density at radius 2 is 0.957 bits per heavy atom. The standard InChI is InChI=1S/C15H12Cl2F4N2/c16-13(14(18,19)15(17,20)21,9-1-5-11(22)6-2-9)10-3-7-12(23)8-4-10/h1-8H,22-23H2. The van der Waals surface area contributed by atoms with Crippen molar-refractivity contribution in [2.45, 2.75) is 16.2 Å². The zero-order valence-corrected chi connectivity index (χ0v) is 13.1. The van der Waals surface area contributed by atoms with Gasteiger partial charge in [0.15, 0.2) is 4.87 Å². The lowest BCUT2D eigenvalue weighted by atomic mass is 9.84. The van der Waals surface area contributed by atoms with Gasteiger partial charge in [0.25, 0.3) is 0 Å². The number of anilines is 2. The van der Waals surface area contributed by atoms with E-state index in [-0.39, 0.29) is 22.5 Å². The van der Waals surface area contributed by atoms with Crippen molar-refractivity contribution in [3.63, 3.8) is 0 Å². The molecule has 0 aliphatic heterocycles. The van der Waals surface area contributed by atoms with E-state index in [4.69, 9.17) is 23.1 Å². The highest BCUT2D eigenvalue weighted by atomic mass is 35.5. The van der Waals surface area contributed by atoms with E-state index in [9.17, 15) is 17.6 Å². The van der Waals surface area contributed by atoms with Crippen LogP contribution in [0.2, 0.25) is 0 Å². The predicted molar refractivity (Wildman–Crippen MR) is 84.1 cm³/mol. The Kier molecular flexibility index (Phi) is 4.43. The molecular formula is C15H12Cl2F4N2. The molecule has 124 valence electrons. The fourth-order valence-electron chi connectivity index (χ4n) is 2.15. The molecule has 0 saturated carbocycles. The maximum Gasteiger partial charge on any atom is 0.386 e. The Bertz CT molecular complexity index is 637. The fraction of sp³-hybridized carbons (Fsp3) is 0.200. The van der Waals surface area contributed by atoms with Crippen LogP contribution in [0.1, 0.15) is 11.1 Å². The zero-order chi connectivity index (χ0) is 17.5. The molecule has 0 heterocycles. The molecule has 0 radical (unpaired) electrons. The van der Waals surface area contributed by atoms with Gasteiger partial charge in [-0.1, -0.05) is 24.3 Å². The minimum Gasteiger partial charge on any atom is -0.399 e. The van der Waals surface area contributed by atoms with Gasteiger partial charge in [-0.25, -0.2) is 0 Å². The largest absolute Gasteiger partial charge is 0.399 e. The van der Waals surface area contributed by atoms with Gasteiger partial charge in [-0.05, 0) is 47.0 Å². The van der Waals surface area contributed by atoms with Crippen LogP contribution in [0.25, 0.3) is 0 Å². The van der Waals surface area contributed by atoms with Gasteiger partial charge in [-0.2, -0.15) is 17.6 Å². The molecule has 0 aliphatic carbocycles. The lowest BCUT2D eigenvalue weighted by Crippen LogP contribution is -2.51. The van der Waals surface area contributed by atoms with E-state index < -0.39 is 16.2 Å². The summed E-state index contributed by atoms with van der Waals surface area (Å²) in [4.78, 5) is -2.90. The molecule has 4 N–H and O–H groups in total. The lowest BCUT2D eigenvalue weighted by molar-refractivity contribution is -0.175. The van der Waals surface area contributed by atoms with Crippen molar-refractivity contribution in [3.05, 3.63) is 59.7 Å². The molecule has 2 aromatic carbocycles. The number of hydrogen-bond acceptors (Lipinski definition) is 2. The minimum absolute atomic E-state index is 0.269. The highest BCUT2D eigenvalue weighted by molar-refractivity contribution is 6.29. The van der Waals surface area contributed by atoms with E-state index >= 15 is 0 Å². The molecule has 0 amide bonds. The number of nitrogen functional groups attached to an aromatic ring is 2. The molecule has 0 bridgehead atoms. The van der Waals surface area contributed by atoms with Crippen molar-refractivity contribution in [3.8, 4) is 0 Å². The van der Waals surface area contributed by atoms with Crippen LogP contribution in [0.4, 0.5) is 28.9 Å². The first-order valence-electron chi connectivity index (χ1n) is 6.35. The molecule has 0 saturated heterocycles. The molecule has 2 nitrogen and oxygen atoms in total. The van der Waals surface area contributed by atoms with E-state index in [1.807, 2.05) is 0 Å². The molecular weight excluding hydrogens is 355 g/mol. The topological polar surface area (TPSA) is 52.0 Å². The monoisotopic (exact) mass is 366 g/mol. The van der Waals surface area contributed by atoms with Gasteiger partial charge in [0.05, 0.1) is 0 Å². The zero-order valence-electron chi connectivity index (χ0n) is 11.5. The molecule has 0 aliphatic rings. The van der Waals surface area contributed by atoms with Crippen LogP contribution in [0.5, 0.6) is 0 Å². The third-order valence-electron chi connectivity index (χ3n) is 3.41. The van der Waals surface area contributed by atoms with Crippen LogP contribution in [0.15, 0.2) is 48.5 Å². The summed E-state index contributed by atoms with van der Waals surface area (Å²) in [5.74, 6) is -4.80. The number of hydrogen-bond donors (Lipinski definition) is 2. The van der Waals surface area contributed by atoms with E-state index in [2.05, 4.69) is 11.6 Å². The molecule has 2 aromatic rings. The van der Waals surface area contributed by atoms with Crippen molar-refractivity contribution < 1.29 is 17.6 Å². The van der Waals surface area contributed by atoms with E-state index in [1.165, 1.54) is 24.3 Å². The summed E-state index contributed by atoms with van der Waals surface area (Å²) in [6, 6.07) is 9.73. The summed E-state index contributed by atoms with van der Waals surface area (Å²) >= 11 is 10.7. The second kappa shape index (κ2) is 5.76. The van der Waals surface area contributed by atoms with Crippen LogP contribution < -0.4 is 11.5 Å². The molecule has 2 rings (SSSR count). The number of nitrogens with two attached hydrogens (primary N) is 2. The first-order valence-corrected chi connectivity index (χ1v) is 7.11. The third kappa shape index (κ3) is 2.93. The average molecular weight is 367 g/mol. The smallest absolute Gasteiger partial charge is 0.386 e. The Balaban J connectivity index is 2.73. The van der Waals surface area contributed by atoms with Gasteiger partial charge in [-0.15, -0.1) is 11.6 Å². The second-order valence-electron chi connectivity index (χ2n) is 4.97. The number of rotatable bonds is 4. The van der Waals surface area contributed by atoms with Crippen molar-refractivity contribution in [1.82, 2.24) is 0 Å². The van der Waals surface area contributed by atoms with Crippen LogP contribution in [0, 0.1) is 0 Å². The van der Waals surface area contributed by atoms with Crippen LogP contribution in [0.3, 0.4) is 0 Å². The van der Waals surface area contributed by atoms with E-state index in [1.54, 1.807) is 0 Å². The molecule has 0 spiro atoms. The Morgan fingerprint density at radius 3 is 1.22 bits per heavy atom. The van der Waals surface area contributed by atoms with Crippen LogP contribution >= 0.6 is 23.2 Å². The summed E-state index contributed by atoms with van der Waals surface area (Å²) in [6.07, 6.45) is 0. The minimum atomic E-state index is -4.88. The number of halogens is 6. The average Bonchev–Trinajstić information content (AvgIpc) is 2.46. The Hall–Kier alpha value is -1.66. The second-order valence-corrected chi connectivity index (χ2v) is 6.02. The lowest BCUT2D eigenvalue weighted by Gasteiger charge is -2.38. The highest BCUT2D eigenvalue weighted by Crippen LogP contribution is 2.56. The molecule has 0 fully saturated rings. The van der Waals surface area contributed by atoms with Crippen LogP contribution in [-0.2, 0) is 4.87 Å². The molecule has 23 heavy (non-hydrogen) atoms. The SMILES string of the molecule is Nc1ccc(C(Cl)(c2ccc(N)cc2)C(F)(F)C(F)(F)Cl)cc1. The summed E-state index contributed by atoms with van der Waals surface area (Å²) in [7, 11) is 0. The molecule has 0 aromatic heterocycles. The van der Waals surface area contributed by atoms with Crippen molar-refractivity contribution in [2.24, 2.45) is 0 Å². The van der Waals surface area contributed by atoms with Gasteiger partial charge in [0.1, 0.15) is 0 Å². The van der Waals surface area contributed by atoms with Crippen LogP contribution in [-0.4, -0.2) is 11.3 Å². The van der Waals surface area contributed by atoms with Gasteiger partial charge in [0, 0.05) is 11.4 Å². The van der Waals surface area contributed by atoms with E-state index in [0.29, 0.717) is 0 Å². The maximum atomic E-state index is 14.5. The predicted octanol–water partition coefficient (Wildman–Crippen LogP) is 4.80. The summed E-state index contributed by atoms with van der Waals surface area (Å²) in [5, 5.41) is -4.88. The molecule has 0 atom stereocenters. The highest BCUT2D eigenvalue weighted by Gasteiger charge is 2.69. The normalized spacial score (nSPS) is 13.1. The van der Waals surface area contributed by atoms with Gasteiger partial charge >= 0.3 is 11.3 Å². The first-order chi connectivity index (χ1) is 10.5. The Morgan fingerprint density at radius 1 is 0.652 bits per heavy atom. The number of benzene rings is 2. The van der Waals surface area contributed by atoms with Gasteiger partial charge < -0.3 is 11.5 Å². The summed E-state index contributed by atoms with van der Waals surface area (Å²) in [6.45, 7) is 0. The van der Waals surface area contributed by atoms with E-state index in [0.717, 1.165) is 24.3 Å². The fourth-order valence-corrected chi connectivity index (χ4v) is 2.71. The van der Waals surface area contributed by atoms with Crippen molar-refractivity contribution in [1.29, 1.82) is 0 Å². The summed E-state index contributed by atoms with van der Waals surface area (Å²) < 4.78 is 55.8. The Labute approximate surface area is 140 Å². The first kappa shape index (κ1) is 17.7. The maximum absolute atomic E-state index is 14.5. The quantitative estimate of drug-likeness (QED) is 0.463. The third-order valence-corrected chi connectivity index (χ3v) is 4.32. The molecule has 8 heteroatoms. The van der Waals surface area contributed by atoms with Crippen molar-refractivity contribution in [2.75, 3.05) is 11.5 Å². The molecule has 0 unspecified atom stereocenters. The van der Waals surface area contributed by atoms with Crippen molar-refractivity contribution >= 4 is 34.6 Å². The van der Waals surface area contributed by atoms with Gasteiger partial charge in [-0.3, -0.25) is 0 Å².